The first-order chi connectivity index (χ1) is 13.9. The molecule has 0 radical (unpaired) electrons. The average Bonchev–Trinajstić information content (AvgIpc) is 3.29. The van der Waals surface area contributed by atoms with E-state index in [-0.39, 0.29) is 10.6 Å². The van der Waals surface area contributed by atoms with Crippen LogP contribution < -0.4 is 9.80 Å². The maximum absolute atomic E-state index is 12.8. The molecule has 2 aromatic rings. The molecule has 2 aliphatic rings. The molecule has 0 amide bonds. The first kappa shape index (κ1) is 19.5. The molecule has 0 saturated carbocycles. The highest BCUT2D eigenvalue weighted by molar-refractivity contribution is 7.89. The summed E-state index contributed by atoms with van der Waals surface area (Å²) in [5.74, 6) is 1.62. The second-order valence-electron chi connectivity index (χ2n) is 7.09. The van der Waals surface area contributed by atoms with Crippen molar-refractivity contribution >= 4 is 27.3 Å². The van der Waals surface area contributed by atoms with Gasteiger partial charge >= 0.3 is 0 Å². The molecule has 3 heterocycles. The van der Waals surface area contributed by atoms with E-state index in [0.29, 0.717) is 26.2 Å². The Kier molecular flexibility index (Phi) is 5.33. The highest BCUT2D eigenvalue weighted by Crippen LogP contribution is 2.23. The van der Waals surface area contributed by atoms with Gasteiger partial charge in [-0.25, -0.2) is 8.42 Å². The molecule has 0 aliphatic carbocycles. The predicted molar refractivity (Wildman–Crippen MR) is 108 cm³/mol. The minimum atomic E-state index is -3.69. The second kappa shape index (κ2) is 7.91. The van der Waals surface area contributed by atoms with E-state index in [1.54, 1.807) is 0 Å². The van der Waals surface area contributed by atoms with Crippen LogP contribution in [0.4, 0.5) is 17.3 Å². The standard InChI is InChI=1S/C18H22N6O4S/c25-24(26)15-3-5-16(6-4-15)29(27,28)23-13-11-22(12-14-23)18-8-7-17(19-20-18)21-9-1-2-10-21/h3-8H,1-2,9-14H2. The van der Waals surface area contributed by atoms with E-state index < -0.39 is 14.9 Å². The van der Waals surface area contributed by atoms with E-state index in [1.807, 2.05) is 17.0 Å². The predicted octanol–water partition coefficient (Wildman–Crippen LogP) is 1.50. The Morgan fingerprint density at radius 2 is 1.31 bits per heavy atom. The van der Waals surface area contributed by atoms with Gasteiger partial charge in [0, 0.05) is 51.4 Å². The maximum Gasteiger partial charge on any atom is 0.269 e. The molecule has 11 heteroatoms. The molecule has 1 aromatic carbocycles. The first-order valence-corrected chi connectivity index (χ1v) is 11.0. The number of benzene rings is 1. The third-order valence-electron chi connectivity index (χ3n) is 5.31. The van der Waals surface area contributed by atoms with Crippen molar-refractivity contribution in [1.82, 2.24) is 14.5 Å². The quantitative estimate of drug-likeness (QED) is 0.530. The van der Waals surface area contributed by atoms with Crippen LogP contribution in [0.1, 0.15) is 12.8 Å². The second-order valence-corrected chi connectivity index (χ2v) is 9.02. The molecular weight excluding hydrogens is 396 g/mol. The average molecular weight is 418 g/mol. The van der Waals surface area contributed by atoms with Crippen molar-refractivity contribution < 1.29 is 13.3 Å². The molecule has 2 aliphatic heterocycles. The van der Waals surface area contributed by atoms with Crippen LogP contribution in [0.3, 0.4) is 0 Å². The highest BCUT2D eigenvalue weighted by Gasteiger charge is 2.29. The van der Waals surface area contributed by atoms with Gasteiger partial charge in [-0.05, 0) is 37.1 Å². The smallest absolute Gasteiger partial charge is 0.269 e. The lowest BCUT2D eigenvalue weighted by Gasteiger charge is -2.34. The number of anilines is 2. The summed E-state index contributed by atoms with van der Waals surface area (Å²) >= 11 is 0. The summed E-state index contributed by atoms with van der Waals surface area (Å²) in [5.41, 5.74) is -0.135. The van der Waals surface area contributed by atoms with Gasteiger partial charge in [0.2, 0.25) is 10.0 Å². The summed E-state index contributed by atoms with van der Waals surface area (Å²) in [6.45, 7) is 3.65. The van der Waals surface area contributed by atoms with Gasteiger partial charge in [-0.2, -0.15) is 4.31 Å². The van der Waals surface area contributed by atoms with Crippen LogP contribution in [0.25, 0.3) is 0 Å². The van der Waals surface area contributed by atoms with Crippen molar-refractivity contribution in [1.29, 1.82) is 0 Å². The summed E-state index contributed by atoms with van der Waals surface area (Å²) in [6, 6.07) is 8.88. The van der Waals surface area contributed by atoms with E-state index in [0.717, 1.165) is 24.7 Å². The van der Waals surface area contributed by atoms with Crippen LogP contribution in [0.2, 0.25) is 0 Å². The van der Waals surface area contributed by atoms with Crippen molar-refractivity contribution in [2.75, 3.05) is 49.1 Å². The Labute approximate surface area is 168 Å². The first-order valence-electron chi connectivity index (χ1n) is 9.53. The Morgan fingerprint density at radius 1 is 0.793 bits per heavy atom. The van der Waals surface area contributed by atoms with Gasteiger partial charge in [0.25, 0.3) is 5.69 Å². The lowest BCUT2D eigenvalue weighted by atomic mass is 10.3. The fourth-order valence-corrected chi connectivity index (χ4v) is 5.07. The summed E-state index contributed by atoms with van der Waals surface area (Å²) < 4.78 is 27.0. The zero-order chi connectivity index (χ0) is 20.4. The van der Waals surface area contributed by atoms with Gasteiger partial charge in [-0.1, -0.05) is 0 Å². The molecule has 1 aromatic heterocycles. The van der Waals surface area contributed by atoms with Crippen LogP contribution in [-0.4, -0.2) is 67.1 Å². The van der Waals surface area contributed by atoms with Gasteiger partial charge < -0.3 is 9.80 Å². The number of aromatic nitrogens is 2. The van der Waals surface area contributed by atoms with Gasteiger partial charge in [0.05, 0.1) is 9.82 Å². The van der Waals surface area contributed by atoms with E-state index >= 15 is 0 Å². The lowest BCUT2D eigenvalue weighted by Crippen LogP contribution is -2.49. The Morgan fingerprint density at radius 3 is 1.79 bits per heavy atom. The van der Waals surface area contributed by atoms with Crippen molar-refractivity contribution in [3.8, 4) is 0 Å². The van der Waals surface area contributed by atoms with Crippen LogP contribution in [0, 0.1) is 10.1 Å². The zero-order valence-corrected chi connectivity index (χ0v) is 16.7. The Hall–Kier alpha value is -2.79. The number of piperazine rings is 1. The number of hydrogen-bond donors (Lipinski definition) is 0. The minimum Gasteiger partial charge on any atom is -0.355 e. The van der Waals surface area contributed by atoms with E-state index in [9.17, 15) is 18.5 Å². The van der Waals surface area contributed by atoms with Crippen molar-refractivity contribution in [3.05, 3.63) is 46.5 Å². The van der Waals surface area contributed by atoms with Crippen LogP contribution in [0.15, 0.2) is 41.3 Å². The van der Waals surface area contributed by atoms with Gasteiger partial charge in [0.15, 0.2) is 11.6 Å². The van der Waals surface area contributed by atoms with Gasteiger partial charge in [-0.3, -0.25) is 10.1 Å². The topological polar surface area (TPSA) is 113 Å². The fourth-order valence-electron chi connectivity index (χ4n) is 3.65. The summed E-state index contributed by atoms with van der Waals surface area (Å²) in [4.78, 5) is 14.5. The van der Waals surface area contributed by atoms with Crippen LogP contribution in [0.5, 0.6) is 0 Å². The normalized spacial score (nSPS) is 18.2. The van der Waals surface area contributed by atoms with Crippen molar-refractivity contribution in [2.24, 2.45) is 0 Å². The molecule has 0 bridgehead atoms. The number of hydrogen-bond acceptors (Lipinski definition) is 8. The molecule has 4 rings (SSSR count). The van der Waals surface area contributed by atoms with E-state index in [2.05, 4.69) is 15.1 Å². The van der Waals surface area contributed by atoms with Gasteiger partial charge in [-0.15, -0.1) is 10.2 Å². The third-order valence-corrected chi connectivity index (χ3v) is 7.23. The van der Waals surface area contributed by atoms with Crippen LogP contribution in [-0.2, 0) is 10.0 Å². The number of non-ortho nitro benzene ring substituents is 1. The molecule has 0 N–H and O–H groups in total. The number of sulfonamides is 1. The molecule has 0 atom stereocenters. The molecular formula is C18H22N6O4S. The Balaban J connectivity index is 1.40. The number of nitro groups is 1. The number of nitrogens with zero attached hydrogens (tertiary/aromatic N) is 6. The summed E-state index contributed by atoms with van der Waals surface area (Å²) in [6.07, 6.45) is 2.35. The van der Waals surface area contributed by atoms with Crippen molar-refractivity contribution in [2.45, 2.75) is 17.7 Å². The van der Waals surface area contributed by atoms with E-state index in [1.165, 1.54) is 41.4 Å². The molecule has 0 unspecified atom stereocenters. The molecule has 154 valence electrons. The summed E-state index contributed by atoms with van der Waals surface area (Å²) in [7, 11) is -3.69. The number of nitro benzene ring substituents is 1. The molecule has 10 nitrogen and oxygen atoms in total. The number of rotatable bonds is 5. The molecule has 29 heavy (non-hydrogen) atoms. The molecule has 2 saturated heterocycles. The van der Waals surface area contributed by atoms with Gasteiger partial charge in [0.1, 0.15) is 0 Å². The minimum absolute atomic E-state index is 0.0614. The molecule has 0 spiro atoms. The maximum atomic E-state index is 12.8. The van der Waals surface area contributed by atoms with Crippen molar-refractivity contribution in [3.63, 3.8) is 0 Å². The lowest BCUT2D eigenvalue weighted by molar-refractivity contribution is -0.384. The highest BCUT2D eigenvalue weighted by atomic mass is 32.2. The largest absolute Gasteiger partial charge is 0.355 e. The third kappa shape index (κ3) is 4.01. The van der Waals surface area contributed by atoms with E-state index in [4.69, 9.17) is 0 Å². The monoisotopic (exact) mass is 418 g/mol. The van der Waals surface area contributed by atoms with Crippen LogP contribution >= 0.6 is 0 Å². The SMILES string of the molecule is O=[N+]([O-])c1ccc(S(=O)(=O)N2CCN(c3ccc(N4CCCC4)nn3)CC2)cc1. The molecule has 2 fully saturated rings. The fraction of sp³-hybridized carbons (Fsp3) is 0.444. The summed E-state index contributed by atoms with van der Waals surface area (Å²) in [5, 5.41) is 19.4. The zero-order valence-electron chi connectivity index (χ0n) is 15.8. The Bertz CT molecular complexity index is 966.